The van der Waals surface area contributed by atoms with E-state index in [4.69, 9.17) is 0 Å². The standard InChI is InChI=1S/C18H30N2/c1-13(2)16-11-19-17(18(4,5)6)12-20(16)15-10-8-7-9-14(15)3/h7-10,13,16-17,19H,11-12H2,1-6H3. The highest BCUT2D eigenvalue weighted by Gasteiger charge is 2.35. The van der Waals surface area contributed by atoms with E-state index in [2.05, 4.69) is 76.0 Å². The van der Waals surface area contributed by atoms with Crippen molar-refractivity contribution in [1.29, 1.82) is 0 Å². The SMILES string of the molecule is Cc1ccccc1N1CC(C(C)(C)C)NCC1C(C)C. The highest BCUT2D eigenvalue weighted by molar-refractivity contribution is 5.54. The topological polar surface area (TPSA) is 15.3 Å². The Balaban J connectivity index is 2.31. The molecule has 1 aromatic rings. The number of nitrogens with one attached hydrogen (secondary N) is 1. The molecule has 1 saturated heterocycles. The van der Waals surface area contributed by atoms with Gasteiger partial charge in [-0.15, -0.1) is 0 Å². The molecule has 0 amide bonds. The highest BCUT2D eigenvalue weighted by atomic mass is 15.2. The third-order valence-electron chi connectivity index (χ3n) is 4.59. The zero-order valence-corrected chi connectivity index (χ0v) is 13.9. The van der Waals surface area contributed by atoms with Crippen LogP contribution >= 0.6 is 0 Å². The van der Waals surface area contributed by atoms with Crippen LogP contribution in [0.4, 0.5) is 5.69 Å². The number of piperazine rings is 1. The van der Waals surface area contributed by atoms with Gasteiger partial charge in [-0.2, -0.15) is 0 Å². The van der Waals surface area contributed by atoms with Gasteiger partial charge in [-0.1, -0.05) is 52.8 Å². The van der Waals surface area contributed by atoms with E-state index in [1.165, 1.54) is 11.3 Å². The second kappa shape index (κ2) is 5.77. The van der Waals surface area contributed by atoms with Gasteiger partial charge in [-0.3, -0.25) is 0 Å². The fraction of sp³-hybridized carbons (Fsp3) is 0.667. The molecule has 0 radical (unpaired) electrons. The Labute approximate surface area is 124 Å². The summed E-state index contributed by atoms with van der Waals surface area (Å²) >= 11 is 0. The predicted octanol–water partition coefficient (Wildman–Crippen LogP) is 3.84. The van der Waals surface area contributed by atoms with Crippen LogP contribution < -0.4 is 10.2 Å². The quantitative estimate of drug-likeness (QED) is 0.881. The van der Waals surface area contributed by atoms with E-state index in [9.17, 15) is 0 Å². The largest absolute Gasteiger partial charge is 0.365 e. The van der Waals surface area contributed by atoms with E-state index in [0.717, 1.165) is 13.1 Å². The van der Waals surface area contributed by atoms with Gasteiger partial charge in [0.1, 0.15) is 0 Å². The van der Waals surface area contributed by atoms with Crippen molar-refractivity contribution in [1.82, 2.24) is 5.32 Å². The second-order valence-corrected chi connectivity index (χ2v) is 7.58. The summed E-state index contributed by atoms with van der Waals surface area (Å²) in [5.74, 6) is 0.656. The first-order valence-electron chi connectivity index (χ1n) is 7.86. The summed E-state index contributed by atoms with van der Waals surface area (Å²) < 4.78 is 0. The number of para-hydroxylation sites is 1. The average Bonchev–Trinajstić information content (AvgIpc) is 2.37. The zero-order valence-electron chi connectivity index (χ0n) is 13.9. The maximum atomic E-state index is 3.77. The predicted molar refractivity (Wildman–Crippen MR) is 88.4 cm³/mol. The van der Waals surface area contributed by atoms with Crippen LogP contribution in [0.3, 0.4) is 0 Å². The Morgan fingerprint density at radius 1 is 1.20 bits per heavy atom. The summed E-state index contributed by atoms with van der Waals surface area (Å²) in [4.78, 5) is 2.63. The van der Waals surface area contributed by atoms with Crippen molar-refractivity contribution in [3.63, 3.8) is 0 Å². The maximum Gasteiger partial charge on any atom is 0.0438 e. The Morgan fingerprint density at radius 3 is 2.40 bits per heavy atom. The van der Waals surface area contributed by atoms with Gasteiger partial charge >= 0.3 is 0 Å². The summed E-state index contributed by atoms with van der Waals surface area (Å²) in [6.07, 6.45) is 0. The lowest BCUT2D eigenvalue weighted by molar-refractivity contribution is 0.220. The third-order valence-corrected chi connectivity index (χ3v) is 4.59. The van der Waals surface area contributed by atoms with E-state index >= 15 is 0 Å². The molecule has 2 unspecified atom stereocenters. The Bertz CT molecular complexity index is 445. The first-order chi connectivity index (χ1) is 9.30. The molecule has 20 heavy (non-hydrogen) atoms. The number of aryl methyl sites for hydroxylation is 1. The monoisotopic (exact) mass is 274 g/mol. The average molecular weight is 274 g/mol. The molecule has 1 aliphatic rings. The molecule has 0 saturated carbocycles. The van der Waals surface area contributed by atoms with Crippen molar-refractivity contribution in [2.45, 2.75) is 53.6 Å². The molecule has 0 aromatic heterocycles. The first-order valence-corrected chi connectivity index (χ1v) is 7.86. The van der Waals surface area contributed by atoms with Crippen LogP contribution in [0.25, 0.3) is 0 Å². The van der Waals surface area contributed by atoms with Gasteiger partial charge in [-0.25, -0.2) is 0 Å². The summed E-state index contributed by atoms with van der Waals surface area (Å²) in [7, 11) is 0. The van der Waals surface area contributed by atoms with Gasteiger partial charge in [0.2, 0.25) is 0 Å². The van der Waals surface area contributed by atoms with Crippen molar-refractivity contribution < 1.29 is 0 Å². The summed E-state index contributed by atoms with van der Waals surface area (Å²) in [5, 5.41) is 3.77. The van der Waals surface area contributed by atoms with Crippen molar-refractivity contribution in [3.05, 3.63) is 29.8 Å². The molecule has 0 bridgehead atoms. The number of benzene rings is 1. The summed E-state index contributed by atoms with van der Waals surface area (Å²) in [5.41, 5.74) is 3.08. The fourth-order valence-corrected chi connectivity index (χ4v) is 3.11. The Morgan fingerprint density at radius 2 is 1.85 bits per heavy atom. The van der Waals surface area contributed by atoms with E-state index in [-0.39, 0.29) is 0 Å². The van der Waals surface area contributed by atoms with Gasteiger partial charge < -0.3 is 10.2 Å². The molecule has 1 N–H and O–H groups in total. The molecule has 0 aliphatic carbocycles. The molecule has 2 nitrogen and oxygen atoms in total. The van der Waals surface area contributed by atoms with Crippen LogP contribution in [0.1, 0.15) is 40.2 Å². The molecule has 1 aromatic carbocycles. The van der Waals surface area contributed by atoms with Crippen LogP contribution in [0.5, 0.6) is 0 Å². The molecule has 2 rings (SSSR count). The number of hydrogen-bond donors (Lipinski definition) is 1. The number of anilines is 1. The van der Waals surface area contributed by atoms with Crippen molar-refractivity contribution in [2.24, 2.45) is 11.3 Å². The van der Waals surface area contributed by atoms with Gasteiger partial charge in [0, 0.05) is 30.9 Å². The second-order valence-electron chi connectivity index (χ2n) is 7.58. The molecule has 1 fully saturated rings. The molecule has 1 aliphatic heterocycles. The number of nitrogens with zero attached hydrogens (tertiary/aromatic N) is 1. The maximum absolute atomic E-state index is 3.77. The molecular formula is C18H30N2. The lowest BCUT2D eigenvalue weighted by atomic mass is 9.83. The van der Waals surface area contributed by atoms with Crippen LogP contribution in [-0.4, -0.2) is 25.2 Å². The minimum atomic E-state index is 0.295. The molecule has 2 atom stereocenters. The van der Waals surface area contributed by atoms with E-state index in [1.54, 1.807) is 0 Å². The fourth-order valence-electron chi connectivity index (χ4n) is 3.11. The molecule has 1 heterocycles. The number of rotatable bonds is 2. The van der Waals surface area contributed by atoms with Gasteiger partial charge in [0.15, 0.2) is 0 Å². The first kappa shape index (κ1) is 15.4. The minimum Gasteiger partial charge on any atom is -0.365 e. The minimum absolute atomic E-state index is 0.295. The third kappa shape index (κ3) is 3.17. The van der Waals surface area contributed by atoms with E-state index in [0.29, 0.717) is 23.4 Å². The van der Waals surface area contributed by atoms with Gasteiger partial charge in [0.25, 0.3) is 0 Å². The molecule has 112 valence electrons. The van der Waals surface area contributed by atoms with Crippen LogP contribution in [0.2, 0.25) is 0 Å². The molecule has 0 spiro atoms. The van der Waals surface area contributed by atoms with Crippen molar-refractivity contribution in [2.75, 3.05) is 18.0 Å². The normalized spacial score (nSPS) is 24.2. The van der Waals surface area contributed by atoms with E-state index < -0.39 is 0 Å². The number of hydrogen-bond acceptors (Lipinski definition) is 2. The highest BCUT2D eigenvalue weighted by Crippen LogP contribution is 2.31. The summed E-state index contributed by atoms with van der Waals surface area (Å²) in [6, 6.07) is 9.91. The van der Waals surface area contributed by atoms with Crippen molar-refractivity contribution >= 4 is 5.69 Å². The lowest BCUT2D eigenvalue weighted by Gasteiger charge is -2.48. The zero-order chi connectivity index (χ0) is 14.9. The smallest absolute Gasteiger partial charge is 0.0438 e. The summed E-state index contributed by atoms with van der Waals surface area (Å²) in [6.45, 7) is 16.0. The van der Waals surface area contributed by atoms with E-state index in [1.807, 2.05) is 0 Å². The van der Waals surface area contributed by atoms with Crippen LogP contribution in [0.15, 0.2) is 24.3 Å². The van der Waals surface area contributed by atoms with Gasteiger partial charge in [-0.05, 0) is 29.9 Å². The van der Waals surface area contributed by atoms with Crippen LogP contribution in [-0.2, 0) is 0 Å². The molecular weight excluding hydrogens is 244 g/mol. The van der Waals surface area contributed by atoms with Crippen LogP contribution in [0, 0.1) is 18.3 Å². The van der Waals surface area contributed by atoms with Gasteiger partial charge in [0.05, 0.1) is 0 Å². The Hall–Kier alpha value is -1.02. The molecule has 2 heteroatoms. The Kier molecular flexibility index (Phi) is 4.43. The lowest BCUT2D eigenvalue weighted by Crippen LogP contribution is -2.62. The van der Waals surface area contributed by atoms with Crippen molar-refractivity contribution in [3.8, 4) is 0 Å².